The zero-order chi connectivity index (χ0) is 16.4. The molecule has 2 heterocycles. The number of carbonyl (C=O) groups is 1. The van der Waals surface area contributed by atoms with Gasteiger partial charge in [-0.1, -0.05) is 6.07 Å². The van der Waals surface area contributed by atoms with Crippen molar-refractivity contribution in [1.29, 1.82) is 0 Å². The zero-order valence-corrected chi connectivity index (χ0v) is 14.4. The molecule has 3 N–H and O–H groups in total. The molecule has 1 aliphatic rings. The van der Waals surface area contributed by atoms with Crippen molar-refractivity contribution in [2.75, 3.05) is 21.9 Å². The van der Waals surface area contributed by atoms with E-state index in [1.54, 1.807) is 30.3 Å². The number of amides is 1. The number of sulfonamides is 1. The lowest BCUT2D eigenvalue weighted by atomic mass is 10.2. The van der Waals surface area contributed by atoms with E-state index < -0.39 is 10.0 Å². The predicted octanol–water partition coefficient (Wildman–Crippen LogP) is 1.95. The van der Waals surface area contributed by atoms with E-state index in [-0.39, 0.29) is 30.6 Å². The van der Waals surface area contributed by atoms with Crippen LogP contribution in [0.25, 0.3) is 0 Å². The Kier molecular flexibility index (Phi) is 5.53. The Balaban J connectivity index is 0.00000208. The second-order valence-electron chi connectivity index (χ2n) is 5.25. The average molecular weight is 372 g/mol. The fourth-order valence-electron chi connectivity index (χ4n) is 2.48. The van der Waals surface area contributed by atoms with Gasteiger partial charge in [-0.2, -0.15) is 0 Å². The number of halogens is 1. The lowest BCUT2D eigenvalue weighted by Crippen LogP contribution is -2.25. The number of furan rings is 1. The van der Waals surface area contributed by atoms with Crippen molar-refractivity contribution in [3.05, 3.63) is 47.9 Å². The molecule has 7 nitrogen and oxygen atoms in total. The topological polar surface area (TPSA) is 106 Å². The van der Waals surface area contributed by atoms with Crippen LogP contribution in [0.5, 0.6) is 0 Å². The molecule has 0 saturated carbocycles. The molecule has 130 valence electrons. The molecule has 1 fully saturated rings. The summed E-state index contributed by atoms with van der Waals surface area (Å²) in [6.45, 7) is 0.677. The molecule has 0 spiro atoms. The lowest BCUT2D eigenvalue weighted by Gasteiger charge is -2.17. The standard InChI is InChI=1S/C15H17N3O4S.ClH/c16-9-14-7-11(10-22-14)15(19)17-12-3-1-4-13(8-12)18-5-2-6-23(18,20)21;/h1,3-4,7-8,10H,2,5-6,9,16H2,(H,17,19);1H. The van der Waals surface area contributed by atoms with Crippen molar-refractivity contribution in [3.63, 3.8) is 0 Å². The van der Waals surface area contributed by atoms with Crippen LogP contribution in [-0.4, -0.2) is 26.6 Å². The molecule has 0 radical (unpaired) electrons. The summed E-state index contributed by atoms with van der Waals surface area (Å²) < 4.78 is 30.4. The molecule has 0 aliphatic carbocycles. The third-order valence-electron chi connectivity index (χ3n) is 3.61. The molecule has 2 aromatic rings. The first-order chi connectivity index (χ1) is 11.0. The van der Waals surface area contributed by atoms with E-state index in [9.17, 15) is 13.2 Å². The second-order valence-corrected chi connectivity index (χ2v) is 7.26. The first-order valence-electron chi connectivity index (χ1n) is 7.19. The van der Waals surface area contributed by atoms with Gasteiger partial charge in [-0.3, -0.25) is 9.10 Å². The molecule has 1 aliphatic heterocycles. The minimum atomic E-state index is -3.25. The monoisotopic (exact) mass is 371 g/mol. The summed E-state index contributed by atoms with van der Waals surface area (Å²) >= 11 is 0. The largest absolute Gasteiger partial charge is 0.467 e. The van der Waals surface area contributed by atoms with Crippen molar-refractivity contribution >= 4 is 39.7 Å². The van der Waals surface area contributed by atoms with Gasteiger partial charge in [0.15, 0.2) is 0 Å². The second kappa shape index (κ2) is 7.25. The molecular formula is C15H18ClN3O4S. The van der Waals surface area contributed by atoms with E-state index in [4.69, 9.17) is 10.2 Å². The summed E-state index contributed by atoms with van der Waals surface area (Å²) in [4.78, 5) is 12.2. The predicted molar refractivity (Wildman–Crippen MR) is 94.0 cm³/mol. The highest BCUT2D eigenvalue weighted by Gasteiger charge is 2.28. The van der Waals surface area contributed by atoms with E-state index >= 15 is 0 Å². The van der Waals surface area contributed by atoms with Gasteiger partial charge in [0, 0.05) is 12.2 Å². The van der Waals surface area contributed by atoms with Crippen molar-refractivity contribution in [2.45, 2.75) is 13.0 Å². The van der Waals surface area contributed by atoms with E-state index in [1.807, 2.05) is 0 Å². The molecule has 1 aromatic heterocycles. The third-order valence-corrected chi connectivity index (χ3v) is 5.48. The Labute approximate surface area is 146 Å². The maximum absolute atomic E-state index is 12.2. The summed E-state index contributed by atoms with van der Waals surface area (Å²) in [6, 6.07) is 8.34. The van der Waals surface area contributed by atoms with Crippen LogP contribution in [0.3, 0.4) is 0 Å². The van der Waals surface area contributed by atoms with Gasteiger partial charge >= 0.3 is 0 Å². The lowest BCUT2D eigenvalue weighted by molar-refractivity contribution is 0.102. The van der Waals surface area contributed by atoms with Crippen LogP contribution in [0.1, 0.15) is 22.5 Å². The third kappa shape index (κ3) is 3.72. The van der Waals surface area contributed by atoms with Gasteiger partial charge in [0.2, 0.25) is 10.0 Å². The smallest absolute Gasteiger partial charge is 0.258 e. The van der Waals surface area contributed by atoms with E-state index in [0.717, 1.165) is 0 Å². The molecule has 1 amide bonds. The van der Waals surface area contributed by atoms with Crippen molar-refractivity contribution < 1.29 is 17.6 Å². The number of carbonyl (C=O) groups excluding carboxylic acids is 1. The zero-order valence-electron chi connectivity index (χ0n) is 12.8. The molecule has 1 aromatic carbocycles. The maximum Gasteiger partial charge on any atom is 0.258 e. The van der Waals surface area contributed by atoms with Crippen LogP contribution in [-0.2, 0) is 16.6 Å². The minimum Gasteiger partial charge on any atom is -0.467 e. The number of nitrogens with one attached hydrogen (secondary N) is 1. The summed E-state index contributed by atoms with van der Waals surface area (Å²) in [6.07, 6.45) is 1.95. The summed E-state index contributed by atoms with van der Waals surface area (Å²) in [7, 11) is -3.25. The number of anilines is 2. The fraction of sp³-hybridized carbons (Fsp3) is 0.267. The van der Waals surface area contributed by atoms with E-state index in [1.165, 1.54) is 10.6 Å². The Hall–Kier alpha value is -2.03. The van der Waals surface area contributed by atoms with Crippen LogP contribution in [0.4, 0.5) is 11.4 Å². The van der Waals surface area contributed by atoms with Gasteiger partial charge in [-0.15, -0.1) is 12.4 Å². The van der Waals surface area contributed by atoms with E-state index in [0.29, 0.717) is 35.7 Å². The quantitative estimate of drug-likeness (QED) is 0.854. The van der Waals surface area contributed by atoms with Crippen LogP contribution >= 0.6 is 12.4 Å². The number of nitrogens with two attached hydrogens (primary N) is 1. The highest BCUT2D eigenvalue weighted by molar-refractivity contribution is 7.93. The minimum absolute atomic E-state index is 0. The molecule has 0 bridgehead atoms. The number of hydrogen-bond acceptors (Lipinski definition) is 5. The van der Waals surface area contributed by atoms with Gasteiger partial charge in [-0.25, -0.2) is 8.42 Å². The van der Waals surface area contributed by atoms with Crippen molar-refractivity contribution in [3.8, 4) is 0 Å². The number of nitrogens with zero attached hydrogens (tertiary/aromatic N) is 1. The van der Waals surface area contributed by atoms with Crippen molar-refractivity contribution in [2.24, 2.45) is 5.73 Å². The molecule has 3 rings (SSSR count). The maximum atomic E-state index is 12.2. The molecule has 9 heteroatoms. The first kappa shape index (κ1) is 18.3. The Bertz CT molecular complexity index is 835. The highest BCUT2D eigenvalue weighted by atomic mass is 35.5. The number of benzene rings is 1. The van der Waals surface area contributed by atoms with Gasteiger partial charge < -0.3 is 15.5 Å². The highest BCUT2D eigenvalue weighted by Crippen LogP contribution is 2.26. The molecule has 0 atom stereocenters. The molecule has 1 saturated heterocycles. The van der Waals surface area contributed by atoms with E-state index in [2.05, 4.69) is 5.32 Å². The summed E-state index contributed by atoms with van der Waals surface area (Å²) in [5.41, 5.74) is 6.88. The van der Waals surface area contributed by atoms with Crippen LogP contribution in [0.2, 0.25) is 0 Å². The molecular weight excluding hydrogens is 354 g/mol. The van der Waals surface area contributed by atoms with Crippen LogP contribution in [0, 0.1) is 0 Å². The van der Waals surface area contributed by atoms with Crippen LogP contribution in [0.15, 0.2) is 41.0 Å². The number of hydrogen-bond donors (Lipinski definition) is 2. The van der Waals surface area contributed by atoms with Gasteiger partial charge in [0.25, 0.3) is 5.91 Å². The molecule has 0 unspecified atom stereocenters. The van der Waals surface area contributed by atoms with Gasteiger partial charge in [-0.05, 0) is 30.7 Å². The summed E-state index contributed by atoms with van der Waals surface area (Å²) in [5, 5.41) is 2.73. The normalized spacial score (nSPS) is 15.8. The van der Waals surface area contributed by atoms with Crippen molar-refractivity contribution in [1.82, 2.24) is 0 Å². The Morgan fingerprint density at radius 2 is 2.12 bits per heavy atom. The van der Waals surface area contributed by atoms with Gasteiger partial charge in [0.05, 0.1) is 23.5 Å². The number of rotatable bonds is 4. The SMILES string of the molecule is Cl.NCc1cc(C(=O)Nc2cccc(N3CCCS3(=O)=O)c2)co1. The molecule has 24 heavy (non-hydrogen) atoms. The van der Waals surface area contributed by atoms with Gasteiger partial charge in [0.1, 0.15) is 12.0 Å². The fourth-order valence-corrected chi connectivity index (χ4v) is 4.03. The Morgan fingerprint density at radius 1 is 1.33 bits per heavy atom. The van der Waals surface area contributed by atoms with Crippen LogP contribution < -0.4 is 15.4 Å². The summed E-state index contributed by atoms with van der Waals surface area (Å²) in [5.74, 6) is 0.336. The first-order valence-corrected chi connectivity index (χ1v) is 8.80. The average Bonchev–Trinajstić information content (AvgIpc) is 3.13. The Morgan fingerprint density at radius 3 is 2.75 bits per heavy atom.